The van der Waals surface area contributed by atoms with E-state index in [-0.39, 0.29) is 18.1 Å². The predicted octanol–water partition coefficient (Wildman–Crippen LogP) is 2.63. The lowest BCUT2D eigenvalue weighted by Gasteiger charge is -2.23. The zero-order chi connectivity index (χ0) is 14.5. The van der Waals surface area contributed by atoms with Crippen molar-refractivity contribution in [3.8, 4) is 0 Å². The summed E-state index contributed by atoms with van der Waals surface area (Å²) in [5, 5.41) is 5.39. The highest BCUT2D eigenvalue weighted by atomic mass is 32.1. The second-order valence-corrected chi connectivity index (χ2v) is 6.61. The normalized spacial score (nSPS) is 23.0. The van der Waals surface area contributed by atoms with E-state index in [0.717, 1.165) is 13.0 Å². The molecule has 0 spiro atoms. The summed E-state index contributed by atoms with van der Waals surface area (Å²) in [5.41, 5.74) is 0. The quantitative estimate of drug-likeness (QED) is 0.787. The molecular weight excluding hydrogens is 272 g/mol. The van der Waals surface area contributed by atoms with Crippen LogP contribution in [-0.4, -0.2) is 36.6 Å². The molecule has 112 valence electrons. The fraction of sp³-hybridized carbons (Fsp3) is 0.667. The summed E-state index contributed by atoms with van der Waals surface area (Å²) in [7, 11) is 0. The highest BCUT2D eigenvalue weighted by Crippen LogP contribution is 2.28. The van der Waals surface area contributed by atoms with Crippen molar-refractivity contribution < 1.29 is 9.53 Å². The Morgan fingerprint density at radius 1 is 1.45 bits per heavy atom. The lowest BCUT2D eigenvalue weighted by molar-refractivity contribution is -0.130. The van der Waals surface area contributed by atoms with Gasteiger partial charge in [-0.2, -0.15) is 0 Å². The van der Waals surface area contributed by atoms with E-state index in [1.807, 2.05) is 23.3 Å². The highest BCUT2D eigenvalue weighted by molar-refractivity contribution is 7.10. The van der Waals surface area contributed by atoms with Gasteiger partial charge in [0.2, 0.25) is 5.91 Å². The number of hydrogen-bond donors (Lipinski definition) is 1. The first kappa shape index (κ1) is 15.5. The summed E-state index contributed by atoms with van der Waals surface area (Å²) < 4.78 is 5.64. The number of nitrogens with zero attached hydrogens (tertiary/aromatic N) is 1. The summed E-state index contributed by atoms with van der Waals surface area (Å²) in [6.45, 7) is 8.32. The summed E-state index contributed by atoms with van der Waals surface area (Å²) in [4.78, 5) is 15.3. The smallest absolute Gasteiger partial charge is 0.241 e. The van der Waals surface area contributed by atoms with Crippen LogP contribution in [-0.2, 0) is 9.53 Å². The van der Waals surface area contributed by atoms with E-state index in [1.165, 1.54) is 4.88 Å². The number of amides is 1. The lowest BCUT2D eigenvalue weighted by Crippen LogP contribution is -2.33. The first-order valence-electron chi connectivity index (χ1n) is 7.27. The Hall–Kier alpha value is -0.910. The number of ether oxygens (including phenoxy) is 1. The Labute approximate surface area is 125 Å². The minimum atomic E-state index is -0.113. The Morgan fingerprint density at radius 3 is 2.90 bits per heavy atom. The second kappa shape index (κ2) is 7.20. The Kier molecular flexibility index (Phi) is 5.57. The topological polar surface area (TPSA) is 41.6 Å². The molecule has 1 saturated heterocycles. The molecule has 2 unspecified atom stereocenters. The minimum absolute atomic E-state index is 0.00574. The molecule has 0 bridgehead atoms. The maximum Gasteiger partial charge on any atom is 0.241 e. The summed E-state index contributed by atoms with van der Waals surface area (Å²) in [5.74, 6) is 0.819. The molecule has 1 aliphatic heterocycles. The molecule has 20 heavy (non-hydrogen) atoms. The number of nitrogens with one attached hydrogen (secondary N) is 1. The molecule has 1 fully saturated rings. The van der Waals surface area contributed by atoms with E-state index >= 15 is 0 Å². The van der Waals surface area contributed by atoms with E-state index in [4.69, 9.17) is 4.74 Å². The van der Waals surface area contributed by atoms with Crippen LogP contribution in [0.15, 0.2) is 17.5 Å². The summed E-state index contributed by atoms with van der Waals surface area (Å²) in [6.07, 6.45) is 1.07. The van der Waals surface area contributed by atoms with Crippen LogP contribution >= 0.6 is 11.3 Å². The fourth-order valence-corrected chi connectivity index (χ4v) is 3.08. The van der Waals surface area contributed by atoms with Crippen LogP contribution in [0.4, 0.5) is 0 Å². The van der Waals surface area contributed by atoms with Crippen molar-refractivity contribution in [1.29, 1.82) is 0 Å². The number of hydrogen-bond acceptors (Lipinski definition) is 4. The van der Waals surface area contributed by atoms with Crippen LogP contribution < -0.4 is 5.32 Å². The number of carbonyl (C=O) groups is 1. The molecule has 0 aromatic carbocycles. The van der Waals surface area contributed by atoms with Crippen molar-refractivity contribution in [2.24, 2.45) is 5.92 Å². The number of thiophene rings is 1. The van der Waals surface area contributed by atoms with E-state index in [0.29, 0.717) is 19.1 Å². The van der Waals surface area contributed by atoms with E-state index in [2.05, 4.69) is 25.2 Å². The average molecular weight is 296 g/mol. The zero-order valence-electron chi connectivity index (χ0n) is 12.5. The third kappa shape index (κ3) is 3.81. The summed E-state index contributed by atoms with van der Waals surface area (Å²) >= 11 is 1.68. The van der Waals surface area contributed by atoms with Gasteiger partial charge in [-0.15, -0.1) is 11.3 Å². The van der Waals surface area contributed by atoms with Crippen molar-refractivity contribution >= 4 is 17.2 Å². The van der Waals surface area contributed by atoms with Gasteiger partial charge >= 0.3 is 0 Å². The summed E-state index contributed by atoms with van der Waals surface area (Å²) in [6, 6.07) is 3.98. The zero-order valence-corrected chi connectivity index (χ0v) is 13.3. The second-order valence-electron chi connectivity index (χ2n) is 5.63. The maximum atomic E-state index is 12.2. The molecule has 1 amide bonds. The van der Waals surface area contributed by atoms with Crippen LogP contribution in [0.5, 0.6) is 0 Å². The third-order valence-electron chi connectivity index (χ3n) is 3.50. The first-order valence-corrected chi connectivity index (χ1v) is 8.15. The molecule has 0 radical (unpaired) electrons. The van der Waals surface area contributed by atoms with Crippen LogP contribution in [0.25, 0.3) is 0 Å². The van der Waals surface area contributed by atoms with Gasteiger partial charge in [-0.25, -0.2) is 0 Å². The molecule has 2 atom stereocenters. The molecule has 0 saturated carbocycles. The highest BCUT2D eigenvalue weighted by Gasteiger charge is 2.37. The molecule has 2 rings (SSSR count). The van der Waals surface area contributed by atoms with Gasteiger partial charge in [0, 0.05) is 18.0 Å². The fourth-order valence-electron chi connectivity index (χ4n) is 2.28. The van der Waals surface area contributed by atoms with Gasteiger partial charge in [-0.3, -0.25) is 10.1 Å². The largest absolute Gasteiger partial charge is 0.380 e. The predicted molar refractivity (Wildman–Crippen MR) is 81.6 cm³/mol. The molecule has 5 heteroatoms. The van der Waals surface area contributed by atoms with E-state index < -0.39 is 0 Å². The Balaban J connectivity index is 1.85. The third-order valence-corrected chi connectivity index (χ3v) is 4.43. The SMILES string of the molecule is CC(C)CCOCCN1C(=O)C(C)NC1c1cccs1. The molecular formula is C15H24N2O2S. The van der Waals surface area contributed by atoms with Crippen molar-refractivity contribution in [2.75, 3.05) is 19.8 Å². The van der Waals surface area contributed by atoms with Gasteiger partial charge in [0.05, 0.1) is 12.6 Å². The lowest BCUT2D eigenvalue weighted by atomic mass is 10.1. The number of rotatable bonds is 7. The van der Waals surface area contributed by atoms with Crippen molar-refractivity contribution in [3.63, 3.8) is 0 Å². The molecule has 1 aliphatic rings. The van der Waals surface area contributed by atoms with Gasteiger partial charge in [0.15, 0.2) is 0 Å². The van der Waals surface area contributed by atoms with E-state index in [1.54, 1.807) is 11.3 Å². The van der Waals surface area contributed by atoms with Gasteiger partial charge in [0.1, 0.15) is 6.17 Å². The Bertz CT molecular complexity index is 420. The number of carbonyl (C=O) groups excluding carboxylic acids is 1. The van der Waals surface area contributed by atoms with Crippen molar-refractivity contribution in [2.45, 2.75) is 39.4 Å². The van der Waals surface area contributed by atoms with Crippen molar-refractivity contribution in [1.82, 2.24) is 10.2 Å². The van der Waals surface area contributed by atoms with Crippen LogP contribution in [0.3, 0.4) is 0 Å². The van der Waals surface area contributed by atoms with Gasteiger partial charge in [-0.1, -0.05) is 19.9 Å². The molecule has 1 N–H and O–H groups in total. The van der Waals surface area contributed by atoms with Crippen LogP contribution in [0.2, 0.25) is 0 Å². The van der Waals surface area contributed by atoms with E-state index in [9.17, 15) is 4.79 Å². The average Bonchev–Trinajstić information content (AvgIpc) is 3.01. The van der Waals surface area contributed by atoms with Crippen LogP contribution in [0, 0.1) is 5.92 Å². The minimum Gasteiger partial charge on any atom is -0.380 e. The molecule has 2 heterocycles. The Morgan fingerprint density at radius 2 is 2.25 bits per heavy atom. The van der Waals surface area contributed by atoms with Gasteiger partial charge in [0.25, 0.3) is 0 Å². The standard InChI is InChI=1S/C15H24N2O2S/c1-11(2)6-8-19-9-7-17-14(13-5-4-10-20-13)16-12(3)15(17)18/h4-5,10-12,14,16H,6-9H2,1-3H3. The molecule has 1 aromatic heterocycles. The van der Waals surface area contributed by atoms with Gasteiger partial charge in [-0.05, 0) is 30.7 Å². The monoisotopic (exact) mass is 296 g/mol. The molecule has 4 nitrogen and oxygen atoms in total. The van der Waals surface area contributed by atoms with Crippen molar-refractivity contribution in [3.05, 3.63) is 22.4 Å². The van der Waals surface area contributed by atoms with Gasteiger partial charge < -0.3 is 9.64 Å². The maximum absolute atomic E-state index is 12.2. The molecule has 1 aromatic rings. The van der Waals surface area contributed by atoms with Crippen LogP contribution in [0.1, 0.15) is 38.2 Å². The first-order chi connectivity index (χ1) is 9.59. The molecule has 0 aliphatic carbocycles.